The Morgan fingerprint density at radius 3 is 2.14 bits per heavy atom. The minimum absolute atomic E-state index is 0.00518. The van der Waals surface area contributed by atoms with Gasteiger partial charge < -0.3 is 24.4 Å². The van der Waals surface area contributed by atoms with Gasteiger partial charge >= 0.3 is 0 Å². The van der Waals surface area contributed by atoms with Crippen LogP contribution in [0.1, 0.15) is 52.1 Å². The van der Waals surface area contributed by atoms with Gasteiger partial charge in [0.2, 0.25) is 17.6 Å². The average molecular weight is 392 g/mol. The normalized spacial score (nSPS) is 17.8. The number of ether oxygens (including phenoxy) is 3. The first-order valence-corrected chi connectivity index (χ1v) is 9.55. The van der Waals surface area contributed by atoms with Gasteiger partial charge in [-0.15, -0.1) is 0 Å². The number of rotatable bonds is 6. The highest BCUT2D eigenvalue weighted by Crippen LogP contribution is 2.39. The minimum atomic E-state index is -0.509. The maximum Gasteiger partial charge on any atom is 0.243 e. The topological polar surface area (TPSA) is 77.1 Å². The van der Waals surface area contributed by atoms with Crippen LogP contribution in [-0.4, -0.2) is 50.6 Å². The molecule has 2 atom stereocenters. The smallest absolute Gasteiger partial charge is 0.243 e. The molecule has 2 amide bonds. The second kappa shape index (κ2) is 8.71. The molecule has 156 valence electrons. The summed E-state index contributed by atoms with van der Waals surface area (Å²) in [6, 6.07) is 2.92. The Balaban J connectivity index is 2.19. The van der Waals surface area contributed by atoms with Crippen molar-refractivity contribution >= 4 is 11.8 Å². The summed E-state index contributed by atoms with van der Waals surface area (Å²) < 4.78 is 16.1. The second-order valence-electron chi connectivity index (χ2n) is 8.10. The lowest BCUT2D eigenvalue weighted by atomic mass is 9.94. The third-order valence-electron chi connectivity index (χ3n) is 5.00. The largest absolute Gasteiger partial charge is 0.493 e. The molecule has 7 heteroatoms. The van der Waals surface area contributed by atoms with Gasteiger partial charge in [-0.05, 0) is 37.5 Å². The van der Waals surface area contributed by atoms with E-state index in [4.69, 9.17) is 14.2 Å². The lowest BCUT2D eigenvalue weighted by Gasteiger charge is -2.31. The van der Waals surface area contributed by atoms with Gasteiger partial charge in [0.25, 0.3) is 0 Å². The van der Waals surface area contributed by atoms with E-state index in [1.807, 2.05) is 39.8 Å². The fourth-order valence-electron chi connectivity index (χ4n) is 3.46. The third-order valence-corrected chi connectivity index (χ3v) is 5.00. The van der Waals surface area contributed by atoms with E-state index in [1.54, 1.807) is 26.2 Å². The van der Waals surface area contributed by atoms with Crippen LogP contribution in [0.4, 0.5) is 0 Å². The number of nitrogens with zero attached hydrogens (tertiary/aromatic N) is 1. The molecule has 1 saturated heterocycles. The van der Waals surface area contributed by atoms with Gasteiger partial charge in [-0.25, -0.2) is 0 Å². The Labute approximate surface area is 167 Å². The summed E-state index contributed by atoms with van der Waals surface area (Å²) in [4.78, 5) is 27.3. The van der Waals surface area contributed by atoms with Crippen LogP contribution in [0.25, 0.3) is 0 Å². The Morgan fingerprint density at radius 2 is 1.68 bits per heavy atom. The Kier molecular flexibility index (Phi) is 6.80. The molecular formula is C21H32N2O5. The van der Waals surface area contributed by atoms with Crippen LogP contribution < -0.4 is 19.5 Å². The van der Waals surface area contributed by atoms with Crippen LogP contribution in [0.5, 0.6) is 17.2 Å². The highest BCUT2D eigenvalue weighted by molar-refractivity contribution is 5.90. The maximum atomic E-state index is 12.9. The molecule has 0 saturated carbocycles. The van der Waals surface area contributed by atoms with Gasteiger partial charge in [-0.2, -0.15) is 0 Å². The third kappa shape index (κ3) is 4.51. The number of benzene rings is 1. The molecule has 0 bridgehead atoms. The van der Waals surface area contributed by atoms with Gasteiger partial charge in [0.15, 0.2) is 11.5 Å². The van der Waals surface area contributed by atoms with Crippen LogP contribution in [0.3, 0.4) is 0 Å². The second-order valence-corrected chi connectivity index (χ2v) is 8.10. The summed E-state index contributed by atoms with van der Waals surface area (Å²) in [6.45, 7) is 8.14. The van der Waals surface area contributed by atoms with E-state index in [0.29, 0.717) is 30.2 Å². The molecule has 1 N–H and O–H groups in total. The van der Waals surface area contributed by atoms with Crippen molar-refractivity contribution in [1.29, 1.82) is 0 Å². The van der Waals surface area contributed by atoms with Crippen LogP contribution >= 0.6 is 0 Å². The van der Waals surface area contributed by atoms with Crippen LogP contribution in [0.15, 0.2) is 12.1 Å². The molecule has 1 aliphatic rings. The molecule has 0 spiro atoms. The molecule has 0 radical (unpaired) electrons. The van der Waals surface area contributed by atoms with Crippen molar-refractivity contribution in [1.82, 2.24) is 10.2 Å². The average Bonchev–Trinajstić information content (AvgIpc) is 3.14. The number of methoxy groups -OCH3 is 3. The zero-order chi connectivity index (χ0) is 21.1. The van der Waals surface area contributed by atoms with Crippen LogP contribution in [0.2, 0.25) is 0 Å². The van der Waals surface area contributed by atoms with Crippen molar-refractivity contribution in [3.8, 4) is 17.2 Å². The molecule has 1 aromatic rings. The van der Waals surface area contributed by atoms with Crippen molar-refractivity contribution in [3.05, 3.63) is 17.7 Å². The van der Waals surface area contributed by atoms with E-state index in [-0.39, 0.29) is 17.9 Å². The number of hydrogen-bond donors (Lipinski definition) is 1. The molecule has 1 fully saturated rings. The van der Waals surface area contributed by atoms with Gasteiger partial charge in [0, 0.05) is 12.0 Å². The standard InChI is InChI=1S/C21H32N2O5/c1-13(14-11-16(26-5)18(28-7)17(12-14)27-6)22-19(24)15-9-8-10-23(15)20(25)21(2,3)4/h11-13,15H,8-10H2,1-7H3,(H,22,24). The minimum Gasteiger partial charge on any atom is -0.493 e. The highest BCUT2D eigenvalue weighted by atomic mass is 16.5. The lowest BCUT2D eigenvalue weighted by Crippen LogP contribution is -2.49. The van der Waals surface area contributed by atoms with Crippen molar-refractivity contribution in [2.45, 2.75) is 52.6 Å². The molecule has 1 aliphatic heterocycles. The predicted octanol–water partition coefficient (Wildman–Crippen LogP) is 2.93. The van der Waals surface area contributed by atoms with E-state index in [1.165, 1.54) is 0 Å². The number of likely N-dealkylation sites (tertiary alicyclic amines) is 1. The van der Waals surface area contributed by atoms with Crippen molar-refractivity contribution in [3.63, 3.8) is 0 Å². The Hall–Kier alpha value is -2.44. The first kappa shape index (κ1) is 21.9. The summed E-state index contributed by atoms with van der Waals surface area (Å²) in [5, 5.41) is 3.03. The van der Waals surface area contributed by atoms with Gasteiger partial charge in [-0.1, -0.05) is 20.8 Å². The molecule has 7 nitrogen and oxygen atoms in total. The van der Waals surface area contributed by atoms with Crippen LogP contribution in [0, 0.1) is 5.41 Å². The number of nitrogens with one attached hydrogen (secondary N) is 1. The maximum absolute atomic E-state index is 12.9. The molecule has 2 unspecified atom stereocenters. The van der Waals surface area contributed by atoms with E-state index in [0.717, 1.165) is 12.0 Å². The first-order chi connectivity index (χ1) is 13.1. The zero-order valence-electron chi connectivity index (χ0n) is 17.9. The fourth-order valence-corrected chi connectivity index (χ4v) is 3.46. The number of carbonyl (C=O) groups excluding carboxylic acids is 2. The summed E-state index contributed by atoms with van der Waals surface area (Å²) in [7, 11) is 4.66. The number of amides is 2. The van der Waals surface area contributed by atoms with E-state index in [9.17, 15) is 9.59 Å². The van der Waals surface area contributed by atoms with E-state index in [2.05, 4.69) is 5.32 Å². The first-order valence-electron chi connectivity index (χ1n) is 9.55. The van der Waals surface area contributed by atoms with Crippen LogP contribution in [-0.2, 0) is 9.59 Å². The van der Waals surface area contributed by atoms with E-state index < -0.39 is 11.5 Å². The monoisotopic (exact) mass is 392 g/mol. The molecule has 2 rings (SSSR count). The van der Waals surface area contributed by atoms with Crippen molar-refractivity contribution in [2.75, 3.05) is 27.9 Å². The summed E-state index contributed by atoms with van der Waals surface area (Å²) in [6.07, 6.45) is 1.51. The quantitative estimate of drug-likeness (QED) is 0.805. The molecule has 0 aliphatic carbocycles. The molecular weight excluding hydrogens is 360 g/mol. The molecule has 28 heavy (non-hydrogen) atoms. The summed E-state index contributed by atoms with van der Waals surface area (Å²) in [5.41, 5.74) is 0.320. The summed E-state index contributed by atoms with van der Waals surface area (Å²) >= 11 is 0. The Bertz CT molecular complexity index is 701. The number of carbonyl (C=O) groups is 2. The summed E-state index contributed by atoms with van der Waals surface area (Å²) in [5.74, 6) is 1.43. The van der Waals surface area contributed by atoms with Crippen molar-refractivity contribution in [2.24, 2.45) is 5.41 Å². The Morgan fingerprint density at radius 1 is 1.11 bits per heavy atom. The van der Waals surface area contributed by atoms with E-state index >= 15 is 0 Å². The fraction of sp³-hybridized carbons (Fsp3) is 0.619. The predicted molar refractivity (Wildman–Crippen MR) is 107 cm³/mol. The molecule has 1 aromatic carbocycles. The lowest BCUT2D eigenvalue weighted by molar-refractivity contribution is -0.144. The number of hydrogen-bond acceptors (Lipinski definition) is 5. The van der Waals surface area contributed by atoms with Gasteiger partial charge in [0.05, 0.1) is 27.4 Å². The molecule has 1 heterocycles. The highest BCUT2D eigenvalue weighted by Gasteiger charge is 2.38. The zero-order valence-corrected chi connectivity index (χ0v) is 17.9. The molecule has 0 aromatic heterocycles. The van der Waals surface area contributed by atoms with Gasteiger partial charge in [-0.3, -0.25) is 9.59 Å². The SMILES string of the molecule is COc1cc(C(C)NC(=O)C2CCCN2C(=O)C(C)(C)C)cc(OC)c1OC. The van der Waals surface area contributed by atoms with Gasteiger partial charge in [0.1, 0.15) is 6.04 Å². The van der Waals surface area contributed by atoms with Crippen molar-refractivity contribution < 1.29 is 23.8 Å².